The minimum Gasteiger partial charge on any atom is -0.506 e. The van der Waals surface area contributed by atoms with E-state index in [1.54, 1.807) is 38.1 Å². The van der Waals surface area contributed by atoms with Gasteiger partial charge in [0.05, 0.1) is 35.1 Å². The summed E-state index contributed by atoms with van der Waals surface area (Å²) in [6, 6.07) is 7.36. The SMILES string of the molecule is CCOc1cc([C@H]2NC(=O)NC(C)=C2C(=O)OC)ccc1OC[C@@H](O)N/N=C\c1cc(I)cc(I)c1O. The highest BCUT2D eigenvalue weighted by Gasteiger charge is 2.32. The third-order valence-corrected chi connectivity index (χ3v) is 6.60. The van der Waals surface area contributed by atoms with Gasteiger partial charge in [-0.05, 0) is 88.9 Å². The molecule has 2 aromatic rings. The van der Waals surface area contributed by atoms with E-state index in [1.807, 2.05) is 28.7 Å². The molecule has 5 N–H and O–H groups in total. The number of methoxy groups -OCH3 is 1. The summed E-state index contributed by atoms with van der Waals surface area (Å²) < 4.78 is 17.9. The molecule has 0 spiro atoms. The fourth-order valence-electron chi connectivity index (χ4n) is 3.50. The molecule has 0 unspecified atom stereocenters. The van der Waals surface area contributed by atoms with Gasteiger partial charge in [0.15, 0.2) is 17.7 Å². The summed E-state index contributed by atoms with van der Waals surface area (Å²) in [6.45, 7) is 3.60. The molecule has 2 amide bonds. The van der Waals surface area contributed by atoms with Crippen LogP contribution in [0, 0.1) is 7.14 Å². The highest BCUT2D eigenvalue weighted by atomic mass is 127. The average molecular weight is 736 g/mol. The number of hydrogen-bond donors (Lipinski definition) is 5. The fraction of sp³-hybridized carbons (Fsp3) is 0.292. The Labute approximate surface area is 240 Å². The molecule has 0 radical (unpaired) electrons. The van der Waals surface area contributed by atoms with Crippen molar-refractivity contribution < 1.29 is 34.0 Å². The Morgan fingerprint density at radius 1 is 1.24 bits per heavy atom. The first-order valence-corrected chi connectivity index (χ1v) is 13.2. The van der Waals surface area contributed by atoms with Crippen molar-refractivity contribution in [2.45, 2.75) is 26.1 Å². The van der Waals surface area contributed by atoms with E-state index in [4.69, 9.17) is 14.2 Å². The highest BCUT2D eigenvalue weighted by molar-refractivity contribution is 14.1. The summed E-state index contributed by atoms with van der Waals surface area (Å²) >= 11 is 4.17. The quantitative estimate of drug-likeness (QED) is 0.0822. The van der Waals surface area contributed by atoms with Crippen molar-refractivity contribution in [1.82, 2.24) is 16.1 Å². The fourth-order valence-corrected chi connectivity index (χ4v) is 5.39. The normalized spacial score (nSPS) is 16.2. The number of esters is 1. The first-order valence-electron chi connectivity index (χ1n) is 11.0. The lowest BCUT2D eigenvalue weighted by molar-refractivity contribution is -0.136. The van der Waals surface area contributed by atoms with Crippen LogP contribution >= 0.6 is 45.2 Å². The number of nitrogens with one attached hydrogen (secondary N) is 3. The van der Waals surface area contributed by atoms with E-state index >= 15 is 0 Å². The minimum absolute atomic E-state index is 0.101. The number of halogens is 2. The predicted molar refractivity (Wildman–Crippen MR) is 153 cm³/mol. The third kappa shape index (κ3) is 7.38. The number of benzene rings is 2. The largest absolute Gasteiger partial charge is 0.506 e. The van der Waals surface area contributed by atoms with Crippen LogP contribution in [0.25, 0.3) is 0 Å². The average Bonchev–Trinajstić information content (AvgIpc) is 2.85. The van der Waals surface area contributed by atoms with Crippen molar-refractivity contribution in [1.29, 1.82) is 0 Å². The molecule has 11 nitrogen and oxygen atoms in total. The van der Waals surface area contributed by atoms with E-state index in [0.717, 1.165) is 3.57 Å². The number of aliphatic hydroxyl groups is 1. The van der Waals surface area contributed by atoms with Crippen molar-refractivity contribution in [2.75, 3.05) is 20.3 Å². The number of carbonyl (C=O) groups is 2. The van der Waals surface area contributed by atoms with Gasteiger partial charge in [-0.1, -0.05) is 6.07 Å². The molecule has 2 aromatic carbocycles. The number of urea groups is 1. The number of carbonyl (C=O) groups excluding carboxylic acids is 2. The van der Waals surface area contributed by atoms with Gasteiger partial charge in [-0.2, -0.15) is 5.10 Å². The van der Waals surface area contributed by atoms with E-state index in [9.17, 15) is 19.8 Å². The van der Waals surface area contributed by atoms with Crippen molar-refractivity contribution in [3.05, 3.63) is 59.9 Å². The highest BCUT2D eigenvalue weighted by Crippen LogP contribution is 2.35. The van der Waals surface area contributed by atoms with Crippen LogP contribution in [0.5, 0.6) is 17.2 Å². The predicted octanol–water partition coefficient (Wildman–Crippen LogP) is 3.12. The van der Waals surface area contributed by atoms with Gasteiger partial charge in [-0.25, -0.2) is 9.59 Å². The van der Waals surface area contributed by atoms with Crippen LogP contribution in [0.1, 0.15) is 31.0 Å². The number of phenols is 1. The molecule has 0 aliphatic carbocycles. The van der Waals surface area contributed by atoms with Gasteiger partial charge in [0.25, 0.3) is 0 Å². The molecule has 198 valence electrons. The number of rotatable bonds is 10. The van der Waals surface area contributed by atoms with E-state index < -0.39 is 24.3 Å². The van der Waals surface area contributed by atoms with Gasteiger partial charge >= 0.3 is 12.0 Å². The number of allylic oxidation sites excluding steroid dienone is 1. The van der Waals surface area contributed by atoms with E-state index in [0.29, 0.717) is 38.5 Å². The van der Waals surface area contributed by atoms with Gasteiger partial charge in [0, 0.05) is 14.8 Å². The zero-order valence-electron chi connectivity index (χ0n) is 20.2. The van der Waals surface area contributed by atoms with Crippen LogP contribution < -0.4 is 25.5 Å². The molecule has 0 fully saturated rings. The Balaban J connectivity index is 1.72. The van der Waals surface area contributed by atoms with Gasteiger partial charge in [0.2, 0.25) is 0 Å². The van der Waals surface area contributed by atoms with Crippen LogP contribution in [-0.4, -0.2) is 55.0 Å². The third-order valence-electron chi connectivity index (χ3n) is 5.16. The molecule has 37 heavy (non-hydrogen) atoms. The summed E-state index contributed by atoms with van der Waals surface area (Å²) in [6.07, 6.45) is 0.250. The van der Waals surface area contributed by atoms with Crippen molar-refractivity contribution in [3.63, 3.8) is 0 Å². The van der Waals surface area contributed by atoms with Crippen LogP contribution in [-0.2, 0) is 9.53 Å². The summed E-state index contributed by atoms with van der Waals surface area (Å²) in [5.41, 5.74) is 4.30. The number of nitrogens with zero attached hydrogens (tertiary/aromatic N) is 1. The Kier molecular flexibility index (Phi) is 10.2. The lowest BCUT2D eigenvalue weighted by Crippen LogP contribution is -2.45. The number of hydrazone groups is 1. The summed E-state index contributed by atoms with van der Waals surface area (Å²) in [5.74, 6) is 0.241. The summed E-state index contributed by atoms with van der Waals surface area (Å²) in [7, 11) is 1.27. The lowest BCUT2D eigenvalue weighted by Gasteiger charge is -2.28. The monoisotopic (exact) mass is 736 g/mol. The summed E-state index contributed by atoms with van der Waals surface area (Å²) in [5, 5.41) is 29.7. The molecule has 13 heteroatoms. The minimum atomic E-state index is -1.16. The first-order chi connectivity index (χ1) is 17.6. The molecule has 3 rings (SSSR count). The Bertz CT molecular complexity index is 1240. The van der Waals surface area contributed by atoms with Crippen molar-refractivity contribution in [2.24, 2.45) is 5.10 Å². The van der Waals surface area contributed by atoms with Gasteiger partial charge < -0.3 is 35.1 Å². The summed E-state index contributed by atoms with van der Waals surface area (Å²) in [4.78, 5) is 24.4. The smallest absolute Gasteiger partial charge is 0.337 e. The number of aromatic hydroxyl groups is 1. The number of ether oxygens (including phenoxy) is 3. The van der Waals surface area contributed by atoms with Gasteiger partial charge in [0.1, 0.15) is 12.4 Å². The maximum Gasteiger partial charge on any atom is 0.337 e. The van der Waals surface area contributed by atoms with Crippen LogP contribution in [0.15, 0.2) is 46.7 Å². The second kappa shape index (κ2) is 13.1. The first kappa shape index (κ1) is 28.8. The second-order valence-corrected chi connectivity index (χ2v) is 10.1. The molecule has 0 bridgehead atoms. The molecule has 1 heterocycles. The van der Waals surface area contributed by atoms with E-state index in [2.05, 4.69) is 43.8 Å². The number of hydrogen-bond acceptors (Lipinski definition) is 9. The molecule has 0 saturated carbocycles. The zero-order chi connectivity index (χ0) is 27.1. The lowest BCUT2D eigenvalue weighted by atomic mass is 9.95. The number of amides is 2. The van der Waals surface area contributed by atoms with Crippen molar-refractivity contribution in [3.8, 4) is 17.2 Å². The zero-order valence-corrected chi connectivity index (χ0v) is 24.5. The Morgan fingerprint density at radius 3 is 2.70 bits per heavy atom. The molecule has 0 saturated heterocycles. The Hall–Kier alpha value is -2.79. The topological polar surface area (TPSA) is 151 Å². The van der Waals surface area contributed by atoms with Gasteiger partial charge in [-0.3, -0.25) is 5.43 Å². The molecular weight excluding hydrogens is 710 g/mol. The Morgan fingerprint density at radius 2 is 2.00 bits per heavy atom. The molecule has 2 atom stereocenters. The van der Waals surface area contributed by atoms with E-state index in [-0.39, 0.29) is 17.9 Å². The van der Waals surface area contributed by atoms with E-state index in [1.165, 1.54) is 13.3 Å². The van der Waals surface area contributed by atoms with Crippen LogP contribution in [0.4, 0.5) is 4.79 Å². The molecule has 0 aromatic heterocycles. The van der Waals surface area contributed by atoms with Crippen molar-refractivity contribution >= 4 is 63.4 Å². The number of aliphatic hydroxyl groups excluding tert-OH is 1. The molecular formula is C24H26I2N4O7. The molecule has 1 aliphatic rings. The standard InChI is InChI=1S/C24H26I2N4O7/c1-4-36-18-8-13(21-20(23(33)35-3)12(2)28-24(34)29-21)5-6-17(18)37-11-19(31)30-27-10-14-7-15(25)9-16(26)22(14)32/h5-10,19,21,30-32H,4,11H2,1-3H3,(H2,28,29,34)/b27-10-/t19-,21-/m1/s1. The maximum atomic E-state index is 12.4. The maximum absolute atomic E-state index is 12.4. The second-order valence-electron chi connectivity index (χ2n) is 7.74. The van der Waals surface area contributed by atoms with Crippen LogP contribution in [0.2, 0.25) is 0 Å². The van der Waals surface area contributed by atoms with Crippen LogP contribution in [0.3, 0.4) is 0 Å². The van der Waals surface area contributed by atoms with Gasteiger partial charge in [-0.15, -0.1) is 0 Å². The molecule has 1 aliphatic heterocycles. The number of phenolic OH excluding ortho intramolecular Hbond substituents is 1.